The lowest BCUT2D eigenvalue weighted by Gasteiger charge is -2.34. The second-order valence-electron chi connectivity index (χ2n) is 7.03. The fourth-order valence-corrected chi connectivity index (χ4v) is 3.67. The van der Waals surface area contributed by atoms with Crippen LogP contribution in [0, 0.1) is 5.92 Å². The first kappa shape index (κ1) is 17.0. The molecule has 0 radical (unpaired) electrons. The molecular weight excluding hydrogens is 304 g/mol. The molecule has 5 heteroatoms. The van der Waals surface area contributed by atoms with Crippen molar-refractivity contribution in [2.75, 3.05) is 13.2 Å². The largest absolute Gasteiger partial charge is 0.376 e. The van der Waals surface area contributed by atoms with Crippen molar-refractivity contribution in [3.8, 4) is 0 Å². The Balaban J connectivity index is 1.37. The smallest absolute Gasteiger partial charge is 0.317 e. The van der Waals surface area contributed by atoms with E-state index in [1.165, 1.54) is 0 Å². The Bertz CT molecular complexity index is 559. The highest BCUT2D eigenvalue weighted by Crippen LogP contribution is 2.33. The van der Waals surface area contributed by atoms with Gasteiger partial charge in [-0.1, -0.05) is 37.3 Å². The zero-order valence-electron chi connectivity index (χ0n) is 14.2. The van der Waals surface area contributed by atoms with Crippen molar-refractivity contribution in [1.29, 1.82) is 0 Å². The topological polar surface area (TPSA) is 58.6 Å². The predicted molar refractivity (Wildman–Crippen MR) is 91.6 cm³/mol. The fraction of sp³-hybridized carbons (Fsp3) is 0.579. The Morgan fingerprint density at radius 3 is 2.58 bits per heavy atom. The minimum atomic E-state index is -0.0232. The molecule has 1 aromatic carbocycles. The summed E-state index contributed by atoms with van der Waals surface area (Å²) in [4.78, 5) is 25.9. The van der Waals surface area contributed by atoms with Gasteiger partial charge < -0.3 is 15.0 Å². The first-order valence-electron chi connectivity index (χ1n) is 8.83. The van der Waals surface area contributed by atoms with Gasteiger partial charge in [-0.05, 0) is 24.3 Å². The number of carbonyl (C=O) groups excluding carboxylic acids is 2. The Morgan fingerprint density at radius 1 is 1.25 bits per heavy atom. The molecule has 0 saturated carbocycles. The zero-order chi connectivity index (χ0) is 16.9. The van der Waals surface area contributed by atoms with Crippen LogP contribution in [0.25, 0.3) is 0 Å². The number of hydrogen-bond donors (Lipinski definition) is 1. The van der Waals surface area contributed by atoms with Gasteiger partial charge in [0.1, 0.15) is 5.78 Å². The van der Waals surface area contributed by atoms with Crippen LogP contribution >= 0.6 is 0 Å². The third-order valence-corrected chi connectivity index (χ3v) is 4.90. The summed E-state index contributed by atoms with van der Waals surface area (Å²) in [5.41, 5.74) is 1.16. The van der Waals surface area contributed by atoms with Crippen LogP contribution in [0.1, 0.15) is 38.2 Å². The molecule has 3 atom stereocenters. The lowest BCUT2D eigenvalue weighted by atomic mass is 10.0. The first-order valence-corrected chi connectivity index (χ1v) is 8.83. The van der Waals surface area contributed by atoms with E-state index in [4.69, 9.17) is 4.74 Å². The van der Waals surface area contributed by atoms with Crippen molar-refractivity contribution in [3.63, 3.8) is 0 Å². The van der Waals surface area contributed by atoms with Gasteiger partial charge in [0, 0.05) is 31.5 Å². The van der Waals surface area contributed by atoms with Gasteiger partial charge >= 0.3 is 6.03 Å². The van der Waals surface area contributed by atoms with E-state index in [2.05, 4.69) is 12.2 Å². The number of amides is 2. The van der Waals surface area contributed by atoms with Gasteiger partial charge in [-0.3, -0.25) is 4.79 Å². The first-order chi connectivity index (χ1) is 11.6. The Kier molecular flexibility index (Phi) is 5.51. The Hall–Kier alpha value is -1.88. The molecule has 2 bridgehead atoms. The van der Waals surface area contributed by atoms with Crippen molar-refractivity contribution in [2.45, 2.75) is 51.3 Å². The summed E-state index contributed by atoms with van der Waals surface area (Å²) in [5, 5.41) is 3.01. The quantitative estimate of drug-likeness (QED) is 0.872. The molecule has 0 spiro atoms. The maximum absolute atomic E-state index is 12.4. The molecule has 2 fully saturated rings. The molecule has 5 nitrogen and oxygen atoms in total. The number of urea groups is 1. The SMILES string of the molecule is C[C@@H](CNC(=O)N1[C@H]2CC[C@H]1CC(=O)C2)COCc1ccccc1. The molecule has 24 heavy (non-hydrogen) atoms. The van der Waals surface area contributed by atoms with E-state index in [0.29, 0.717) is 38.4 Å². The van der Waals surface area contributed by atoms with E-state index in [0.717, 1.165) is 18.4 Å². The molecule has 2 heterocycles. The number of Topliss-reactive ketones (excluding diaryl/α,β-unsaturated/α-hetero) is 1. The number of ether oxygens (including phenoxy) is 1. The molecule has 2 aliphatic heterocycles. The number of benzene rings is 1. The third kappa shape index (κ3) is 4.15. The Labute approximate surface area is 143 Å². The van der Waals surface area contributed by atoms with Crippen LogP contribution in [0.4, 0.5) is 4.79 Å². The van der Waals surface area contributed by atoms with Crippen molar-refractivity contribution in [2.24, 2.45) is 5.92 Å². The second kappa shape index (κ2) is 7.79. The normalized spacial score (nSPS) is 24.0. The van der Waals surface area contributed by atoms with E-state index in [9.17, 15) is 9.59 Å². The van der Waals surface area contributed by atoms with E-state index < -0.39 is 0 Å². The zero-order valence-corrected chi connectivity index (χ0v) is 14.2. The van der Waals surface area contributed by atoms with Gasteiger partial charge in [0.2, 0.25) is 0 Å². The molecule has 130 valence electrons. The van der Waals surface area contributed by atoms with E-state index >= 15 is 0 Å². The van der Waals surface area contributed by atoms with Gasteiger partial charge in [-0.15, -0.1) is 0 Å². The van der Waals surface area contributed by atoms with Crippen LogP contribution in [-0.2, 0) is 16.1 Å². The van der Waals surface area contributed by atoms with E-state index in [1.807, 2.05) is 35.2 Å². The summed E-state index contributed by atoms with van der Waals surface area (Å²) in [7, 11) is 0. The lowest BCUT2D eigenvalue weighted by molar-refractivity contribution is -0.122. The van der Waals surface area contributed by atoms with Gasteiger partial charge in [0.15, 0.2) is 0 Å². The minimum absolute atomic E-state index is 0.0232. The maximum Gasteiger partial charge on any atom is 0.317 e. The lowest BCUT2D eigenvalue weighted by Crippen LogP contribution is -2.51. The van der Waals surface area contributed by atoms with Crippen molar-refractivity contribution < 1.29 is 14.3 Å². The number of ketones is 1. The number of fused-ring (bicyclic) bond motifs is 2. The van der Waals surface area contributed by atoms with Crippen LogP contribution in [0.2, 0.25) is 0 Å². The number of nitrogens with one attached hydrogen (secondary N) is 1. The van der Waals surface area contributed by atoms with Gasteiger partial charge in [0.05, 0.1) is 13.2 Å². The molecule has 0 unspecified atom stereocenters. The highest BCUT2D eigenvalue weighted by Gasteiger charge is 2.42. The van der Waals surface area contributed by atoms with E-state index in [1.54, 1.807) is 0 Å². The summed E-state index contributed by atoms with van der Waals surface area (Å²) >= 11 is 0. The van der Waals surface area contributed by atoms with Crippen LogP contribution < -0.4 is 5.32 Å². The summed E-state index contributed by atoms with van der Waals surface area (Å²) in [5.74, 6) is 0.552. The van der Waals surface area contributed by atoms with Gasteiger partial charge in [-0.2, -0.15) is 0 Å². The second-order valence-corrected chi connectivity index (χ2v) is 7.03. The van der Waals surface area contributed by atoms with Crippen LogP contribution in [0.5, 0.6) is 0 Å². The van der Waals surface area contributed by atoms with Crippen LogP contribution in [0.3, 0.4) is 0 Å². The standard InChI is InChI=1S/C19H26N2O3/c1-14(12-24-13-15-5-3-2-4-6-15)11-20-19(23)21-16-7-8-17(21)10-18(22)9-16/h2-6,14,16-17H,7-13H2,1H3,(H,20,23)/t14-,16-,17-/m0/s1. The van der Waals surface area contributed by atoms with Crippen LogP contribution in [0.15, 0.2) is 30.3 Å². The summed E-state index contributed by atoms with van der Waals surface area (Å²) in [6.07, 6.45) is 2.97. The number of hydrogen-bond acceptors (Lipinski definition) is 3. The number of piperidine rings is 1. The Morgan fingerprint density at radius 2 is 1.92 bits per heavy atom. The van der Waals surface area contributed by atoms with Crippen molar-refractivity contribution in [3.05, 3.63) is 35.9 Å². The molecule has 3 rings (SSSR count). The summed E-state index contributed by atoms with van der Waals surface area (Å²) < 4.78 is 5.72. The number of carbonyl (C=O) groups is 2. The molecule has 0 aliphatic carbocycles. The van der Waals surface area contributed by atoms with E-state index in [-0.39, 0.29) is 24.0 Å². The molecule has 2 amide bonds. The van der Waals surface area contributed by atoms with Crippen LogP contribution in [-0.4, -0.2) is 41.9 Å². The van der Waals surface area contributed by atoms with Crippen molar-refractivity contribution >= 4 is 11.8 Å². The molecule has 0 aromatic heterocycles. The predicted octanol–water partition coefficient (Wildman–Crippen LogP) is 2.74. The summed E-state index contributed by atoms with van der Waals surface area (Å²) in [6.45, 7) is 3.87. The van der Waals surface area contributed by atoms with Gasteiger partial charge in [0.25, 0.3) is 0 Å². The molecule has 1 aromatic rings. The molecule has 1 N–H and O–H groups in total. The maximum atomic E-state index is 12.4. The van der Waals surface area contributed by atoms with Crippen molar-refractivity contribution in [1.82, 2.24) is 10.2 Å². The average molecular weight is 330 g/mol. The highest BCUT2D eigenvalue weighted by molar-refractivity contribution is 5.84. The molecule has 2 aliphatic rings. The van der Waals surface area contributed by atoms with Gasteiger partial charge in [-0.25, -0.2) is 4.79 Å². The monoisotopic (exact) mass is 330 g/mol. The number of nitrogens with zero attached hydrogens (tertiary/aromatic N) is 1. The average Bonchev–Trinajstić information content (AvgIpc) is 2.85. The molecule has 2 saturated heterocycles. The fourth-order valence-electron chi connectivity index (χ4n) is 3.67. The number of rotatable bonds is 6. The summed E-state index contributed by atoms with van der Waals surface area (Å²) in [6, 6.07) is 10.3. The molecular formula is C19H26N2O3. The third-order valence-electron chi connectivity index (χ3n) is 4.90. The highest BCUT2D eigenvalue weighted by atomic mass is 16.5. The minimum Gasteiger partial charge on any atom is -0.376 e.